The number of pyridine rings is 1. The van der Waals surface area contributed by atoms with Crippen molar-refractivity contribution in [3.63, 3.8) is 0 Å². The summed E-state index contributed by atoms with van der Waals surface area (Å²) in [5.74, 6) is -3.87. The maximum Gasteiger partial charge on any atom is 0.573 e. The van der Waals surface area contributed by atoms with E-state index < -0.39 is 35.5 Å². The van der Waals surface area contributed by atoms with Crippen molar-refractivity contribution in [2.24, 2.45) is 0 Å². The van der Waals surface area contributed by atoms with Gasteiger partial charge in [-0.25, -0.2) is 9.78 Å². The summed E-state index contributed by atoms with van der Waals surface area (Å²) in [4.78, 5) is 13.7. The minimum atomic E-state index is -5.49. The molecule has 1 aromatic heterocycles. The van der Waals surface area contributed by atoms with E-state index in [0.717, 1.165) is 0 Å². The molecular weight excluding hydrogens is 364 g/mol. The van der Waals surface area contributed by atoms with Gasteiger partial charge in [-0.1, -0.05) is 15.9 Å². The van der Waals surface area contributed by atoms with Crippen molar-refractivity contribution in [3.05, 3.63) is 23.0 Å². The highest BCUT2D eigenvalue weighted by atomic mass is 79.9. The molecule has 11 heteroatoms. The van der Waals surface area contributed by atoms with Crippen LogP contribution in [-0.2, 0) is 11.5 Å². The molecule has 0 aliphatic carbocycles. The third-order valence-electron chi connectivity index (χ3n) is 1.96. The molecule has 1 heterocycles. The monoisotopic (exact) mass is 367 g/mol. The van der Waals surface area contributed by atoms with Crippen molar-refractivity contribution in [1.82, 2.24) is 4.98 Å². The topological polar surface area (TPSA) is 59.4 Å². The lowest BCUT2D eigenvalue weighted by Gasteiger charge is -2.17. The van der Waals surface area contributed by atoms with Crippen molar-refractivity contribution in [2.75, 3.05) is 0 Å². The molecule has 112 valence electrons. The SMILES string of the molecule is O=C(O)c1c(CBr)cnc(C(F)(F)F)c1OC(F)(F)F. The molecule has 0 saturated heterocycles. The van der Waals surface area contributed by atoms with Crippen molar-refractivity contribution in [2.45, 2.75) is 17.9 Å². The number of carbonyl (C=O) groups is 1. The average Bonchev–Trinajstić information content (AvgIpc) is 2.23. The molecule has 4 nitrogen and oxygen atoms in total. The van der Waals surface area contributed by atoms with Gasteiger partial charge in [0.2, 0.25) is 0 Å². The maximum absolute atomic E-state index is 12.6. The van der Waals surface area contributed by atoms with Crippen LogP contribution in [0.1, 0.15) is 21.6 Å². The average molecular weight is 368 g/mol. The first-order valence-electron chi connectivity index (χ1n) is 4.61. The third kappa shape index (κ3) is 3.74. The van der Waals surface area contributed by atoms with Crippen LogP contribution in [0.2, 0.25) is 0 Å². The lowest BCUT2D eigenvalue weighted by atomic mass is 10.1. The second kappa shape index (κ2) is 5.46. The van der Waals surface area contributed by atoms with Gasteiger partial charge < -0.3 is 9.84 Å². The number of halogens is 7. The molecule has 0 unspecified atom stereocenters. The summed E-state index contributed by atoms with van der Waals surface area (Å²) in [7, 11) is 0. The number of alkyl halides is 7. The van der Waals surface area contributed by atoms with Gasteiger partial charge in [0.25, 0.3) is 0 Å². The van der Waals surface area contributed by atoms with E-state index in [1.807, 2.05) is 0 Å². The van der Waals surface area contributed by atoms with Crippen molar-refractivity contribution >= 4 is 21.9 Å². The van der Waals surface area contributed by atoms with Gasteiger partial charge in [-0.05, 0) is 5.56 Å². The summed E-state index contributed by atoms with van der Waals surface area (Å²) in [6.45, 7) is 0. The van der Waals surface area contributed by atoms with Gasteiger partial charge >= 0.3 is 18.5 Å². The Balaban J connectivity index is 3.64. The standard InChI is InChI=1S/C9H4BrF6NO3/c10-1-3-2-17-6(8(11,12)13)5(4(3)7(18)19)20-9(14,15)16/h2H,1H2,(H,18,19). The van der Waals surface area contributed by atoms with Crippen LogP contribution in [0.5, 0.6) is 5.75 Å². The highest BCUT2D eigenvalue weighted by Crippen LogP contribution is 2.40. The van der Waals surface area contributed by atoms with E-state index in [0.29, 0.717) is 6.20 Å². The van der Waals surface area contributed by atoms with Crippen LogP contribution in [0.25, 0.3) is 0 Å². The molecular formula is C9H4BrF6NO3. The fourth-order valence-corrected chi connectivity index (χ4v) is 1.71. The van der Waals surface area contributed by atoms with E-state index in [4.69, 9.17) is 5.11 Å². The molecule has 0 bridgehead atoms. The molecule has 0 radical (unpaired) electrons. The van der Waals surface area contributed by atoms with Crippen LogP contribution in [0, 0.1) is 0 Å². The lowest BCUT2D eigenvalue weighted by molar-refractivity contribution is -0.276. The molecule has 0 amide bonds. The van der Waals surface area contributed by atoms with E-state index in [1.165, 1.54) is 0 Å². The third-order valence-corrected chi connectivity index (χ3v) is 2.56. The fraction of sp³-hybridized carbons (Fsp3) is 0.333. The summed E-state index contributed by atoms with van der Waals surface area (Å²) in [5.41, 5.74) is -3.69. The van der Waals surface area contributed by atoms with Crippen LogP contribution in [0.3, 0.4) is 0 Å². The Morgan fingerprint density at radius 2 is 1.85 bits per heavy atom. The first-order valence-corrected chi connectivity index (χ1v) is 5.73. The van der Waals surface area contributed by atoms with Crippen LogP contribution in [-0.4, -0.2) is 22.4 Å². The van der Waals surface area contributed by atoms with Gasteiger partial charge in [0, 0.05) is 11.5 Å². The van der Waals surface area contributed by atoms with Crippen molar-refractivity contribution < 1.29 is 41.0 Å². The number of ether oxygens (including phenoxy) is 1. The van der Waals surface area contributed by atoms with Crippen LogP contribution < -0.4 is 4.74 Å². The zero-order valence-electron chi connectivity index (χ0n) is 9.14. The minimum absolute atomic E-state index is 0.312. The first-order chi connectivity index (χ1) is 8.97. The zero-order valence-corrected chi connectivity index (χ0v) is 10.7. The Morgan fingerprint density at radius 3 is 2.20 bits per heavy atom. The summed E-state index contributed by atoms with van der Waals surface area (Å²) >= 11 is 2.74. The molecule has 0 spiro atoms. The Bertz CT molecular complexity index is 528. The van der Waals surface area contributed by atoms with E-state index in [-0.39, 0.29) is 10.9 Å². The van der Waals surface area contributed by atoms with E-state index in [9.17, 15) is 31.1 Å². The lowest BCUT2D eigenvalue weighted by Crippen LogP contribution is -2.24. The number of rotatable bonds is 3. The zero-order chi connectivity index (χ0) is 15.7. The maximum atomic E-state index is 12.6. The fourth-order valence-electron chi connectivity index (χ4n) is 1.28. The van der Waals surface area contributed by atoms with Gasteiger partial charge in [0.05, 0.1) is 0 Å². The molecule has 0 aromatic carbocycles. The first kappa shape index (κ1) is 16.5. The molecule has 1 N–H and O–H groups in total. The molecule has 0 aliphatic heterocycles. The Hall–Kier alpha value is -1.52. The number of carboxylic acid groups (broad SMARTS) is 1. The number of aromatic nitrogens is 1. The van der Waals surface area contributed by atoms with Gasteiger partial charge in [-0.2, -0.15) is 13.2 Å². The molecule has 0 saturated carbocycles. The van der Waals surface area contributed by atoms with Gasteiger partial charge in [-0.15, -0.1) is 13.2 Å². The predicted octanol–water partition coefficient (Wildman–Crippen LogP) is 3.59. The van der Waals surface area contributed by atoms with Crippen LogP contribution in [0.15, 0.2) is 6.20 Å². The quantitative estimate of drug-likeness (QED) is 0.655. The number of carboxylic acids is 1. The molecule has 0 atom stereocenters. The Labute approximate surface area is 115 Å². The van der Waals surface area contributed by atoms with E-state index in [1.54, 1.807) is 0 Å². The minimum Gasteiger partial charge on any atom is -0.478 e. The smallest absolute Gasteiger partial charge is 0.478 e. The molecule has 1 aromatic rings. The second-order valence-corrected chi connectivity index (χ2v) is 3.88. The Kier molecular flexibility index (Phi) is 4.52. The highest BCUT2D eigenvalue weighted by Gasteiger charge is 2.43. The largest absolute Gasteiger partial charge is 0.573 e. The normalized spacial score (nSPS) is 12.3. The van der Waals surface area contributed by atoms with Gasteiger partial charge in [-0.3, -0.25) is 0 Å². The number of nitrogens with zero attached hydrogens (tertiary/aromatic N) is 1. The van der Waals surface area contributed by atoms with Crippen molar-refractivity contribution in [3.8, 4) is 5.75 Å². The molecule has 0 fully saturated rings. The van der Waals surface area contributed by atoms with E-state index >= 15 is 0 Å². The predicted molar refractivity (Wildman–Crippen MR) is 55.5 cm³/mol. The van der Waals surface area contributed by atoms with E-state index in [2.05, 4.69) is 25.7 Å². The molecule has 0 aliphatic rings. The molecule has 1 rings (SSSR count). The Morgan fingerprint density at radius 1 is 1.30 bits per heavy atom. The van der Waals surface area contributed by atoms with Crippen molar-refractivity contribution in [1.29, 1.82) is 0 Å². The summed E-state index contributed by atoms with van der Waals surface area (Å²) in [6, 6.07) is 0. The summed E-state index contributed by atoms with van der Waals surface area (Å²) < 4.78 is 77.5. The molecule has 20 heavy (non-hydrogen) atoms. The van der Waals surface area contributed by atoms with Gasteiger partial charge in [0.15, 0.2) is 11.4 Å². The number of aromatic carboxylic acids is 1. The highest BCUT2D eigenvalue weighted by molar-refractivity contribution is 9.08. The summed E-state index contributed by atoms with van der Waals surface area (Å²) in [6.07, 6.45) is -10.3. The van der Waals surface area contributed by atoms with Gasteiger partial charge in [0.1, 0.15) is 5.56 Å². The van der Waals surface area contributed by atoms with Crippen LogP contribution >= 0.6 is 15.9 Å². The van der Waals surface area contributed by atoms with Crippen LogP contribution in [0.4, 0.5) is 26.3 Å². The number of hydrogen-bond acceptors (Lipinski definition) is 3. The number of hydrogen-bond donors (Lipinski definition) is 1. The summed E-state index contributed by atoms with van der Waals surface area (Å²) in [5, 5.41) is 8.49. The second-order valence-electron chi connectivity index (χ2n) is 3.32.